The van der Waals surface area contributed by atoms with Crippen molar-refractivity contribution in [2.24, 2.45) is 0 Å². The molecule has 2 rings (SSSR count). The molecule has 1 aliphatic heterocycles. The molecule has 19 heavy (non-hydrogen) atoms. The van der Waals surface area contributed by atoms with E-state index in [1.165, 1.54) is 0 Å². The fourth-order valence-electron chi connectivity index (χ4n) is 2.35. The van der Waals surface area contributed by atoms with Gasteiger partial charge in [-0.1, -0.05) is 19.3 Å². The van der Waals surface area contributed by atoms with E-state index in [-0.39, 0.29) is 0 Å². The first-order valence-corrected chi connectivity index (χ1v) is 6.77. The molecule has 1 aromatic heterocycles. The summed E-state index contributed by atoms with van der Waals surface area (Å²) in [6.45, 7) is 4.40. The number of carbonyl (C=O) groups is 1. The zero-order valence-corrected chi connectivity index (χ0v) is 11.5. The minimum absolute atomic E-state index is 0.442. The first-order chi connectivity index (χ1) is 9.09. The highest BCUT2D eigenvalue weighted by molar-refractivity contribution is 5.77. The Morgan fingerprint density at radius 3 is 2.58 bits per heavy atom. The van der Waals surface area contributed by atoms with Gasteiger partial charge < -0.3 is 10.0 Å². The summed E-state index contributed by atoms with van der Waals surface area (Å²) in [7, 11) is 0. The van der Waals surface area contributed by atoms with Crippen molar-refractivity contribution in [3.63, 3.8) is 0 Å². The Hall–Kier alpha value is -1.72. The van der Waals surface area contributed by atoms with Gasteiger partial charge in [0.2, 0.25) is 5.95 Å². The van der Waals surface area contributed by atoms with Crippen LogP contribution in [0.15, 0.2) is 0 Å². The maximum absolute atomic E-state index is 11.4. The molecule has 0 aliphatic carbocycles. The molecule has 2 heterocycles. The lowest BCUT2D eigenvalue weighted by atomic mass is 10.0. The largest absolute Gasteiger partial charge is 0.480 e. The lowest BCUT2D eigenvalue weighted by molar-refractivity contribution is -0.138. The molecule has 0 bridgehead atoms. The fourth-order valence-corrected chi connectivity index (χ4v) is 2.35. The van der Waals surface area contributed by atoms with Gasteiger partial charge in [0.05, 0.1) is 11.4 Å². The van der Waals surface area contributed by atoms with Crippen molar-refractivity contribution < 1.29 is 9.90 Å². The molecule has 0 amide bonds. The third kappa shape index (κ3) is 3.19. The molecular weight excluding hydrogens is 244 g/mol. The van der Waals surface area contributed by atoms with Crippen LogP contribution in [0.5, 0.6) is 0 Å². The van der Waals surface area contributed by atoms with E-state index in [0.29, 0.717) is 18.9 Å². The second-order valence-electron chi connectivity index (χ2n) is 5.03. The standard InChI is InChI=1S/C13H20N4O2/c1-9-10(2)15-16-13(14-9)17-8-6-4-3-5-7-11(17)12(18)19/h11H,3-8H2,1-2H3,(H,18,19). The van der Waals surface area contributed by atoms with Crippen LogP contribution in [-0.4, -0.2) is 38.8 Å². The Kier molecular flexibility index (Phi) is 4.29. The molecule has 0 spiro atoms. The van der Waals surface area contributed by atoms with Crippen molar-refractivity contribution in [3.8, 4) is 0 Å². The minimum atomic E-state index is -0.802. The smallest absolute Gasteiger partial charge is 0.326 e. The highest BCUT2D eigenvalue weighted by Gasteiger charge is 2.28. The van der Waals surface area contributed by atoms with Gasteiger partial charge in [0.1, 0.15) is 6.04 Å². The van der Waals surface area contributed by atoms with E-state index < -0.39 is 12.0 Å². The van der Waals surface area contributed by atoms with E-state index in [0.717, 1.165) is 37.1 Å². The number of rotatable bonds is 2. The van der Waals surface area contributed by atoms with Crippen molar-refractivity contribution >= 4 is 11.9 Å². The van der Waals surface area contributed by atoms with Gasteiger partial charge >= 0.3 is 5.97 Å². The number of hydrogen-bond acceptors (Lipinski definition) is 5. The number of carboxylic acids is 1. The lowest BCUT2D eigenvalue weighted by Gasteiger charge is -2.30. The van der Waals surface area contributed by atoms with Gasteiger partial charge in [-0.3, -0.25) is 0 Å². The molecule has 1 aliphatic rings. The van der Waals surface area contributed by atoms with Crippen molar-refractivity contribution in [1.82, 2.24) is 15.2 Å². The SMILES string of the molecule is Cc1nnc(N2CCCCCCC2C(=O)O)nc1C. The van der Waals surface area contributed by atoms with Crippen LogP contribution in [0.3, 0.4) is 0 Å². The summed E-state index contributed by atoms with van der Waals surface area (Å²) in [5.74, 6) is -0.360. The van der Waals surface area contributed by atoms with E-state index in [2.05, 4.69) is 15.2 Å². The predicted molar refractivity (Wildman–Crippen MR) is 71.2 cm³/mol. The maximum Gasteiger partial charge on any atom is 0.326 e. The van der Waals surface area contributed by atoms with Crippen LogP contribution in [0.1, 0.15) is 43.5 Å². The second-order valence-corrected chi connectivity index (χ2v) is 5.03. The molecule has 0 aromatic carbocycles. The first-order valence-electron chi connectivity index (χ1n) is 6.77. The average Bonchev–Trinajstić information content (AvgIpc) is 2.32. The van der Waals surface area contributed by atoms with E-state index in [9.17, 15) is 9.90 Å². The summed E-state index contributed by atoms with van der Waals surface area (Å²) in [6.07, 6.45) is 4.78. The normalized spacial score (nSPS) is 20.7. The zero-order valence-electron chi connectivity index (χ0n) is 11.5. The van der Waals surface area contributed by atoms with E-state index >= 15 is 0 Å². The van der Waals surface area contributed by atoms with Crippen molar-refractivity contribution in [1.29, 1.82) is 0 Å². The Balaban J connectivity index is 2.29. The highest BCUT2D eigenvalue weighted by atomic mass is 16.4. The van der Waals surface area contributed by atoms with Gasteiger partial charge in [0.25, 0.3) is 0 Å². The first kappa shape index (κ1) is 13.7. The molecule has 1 saturated heterocycles. The molecule has 1 N–H and O–H groups in total. The summed E-state index contributed by atoms with van der Waals surface area (Å²) in [5, 5.41) is 17.5. The second kappa shape index (κ2) is 5.95. The summed E-state index contributed by atoms with van der Waals surface area (Å²) < 4.78 is 0. The summed E-state index contributed by atoms with van der Waals surface area (Å²) in [5.41, 5.74) is 1.58. The number of carboxylic acid groups (broad SMARTS) is 1. The molecule has 1 unspecified atom stereocenters. The van der Waals surface area contributed by atoms with Gasteiger partial charge in [-0.15, -0.1) is 5.10 Å². The van der Waals surface area contributed by atoms with Crippen LogP contribution in [0.2, 0.25) is 0 Å². The van der Waals surface area contributed by atoms with Crippen molar-refractivity contribution in [2.75, 3.05) is 11.4 Å². The topological polar surface area (TPSA) is 79.2 Å². The summed E-state index contributed by atoms with van der Waals surface area (Å²) in [4.78, 5) is 17.6. The van der Waals surface area contributed by atoms with Gasteiger partial charge in [0, 0.05) is 6.54 Å². The number of aromatic nitrogens is 3. The molecular formula is C13H20N4O2. The average molecular weight is 264 g/mol. The summed E-state index contributed by atoms with van der Waals surface area (Å²) in [6, 6.07) is -0.538. The van der Waals surface area contributed by atoms with Crippen LogP contribution < -0.4 is 4.90 Å². The minimum Gasteiger partial charge on any atom is -0.480 e. The van der Waals surface area contributed by atoms with Crippen LogP contribution in [0.25, 0.3) is 0 Å². The molecule has 1 aromatic rings. The van der Waals surface area contributed by atoms with Gasteiger partial charge in [-0.05, 0) is 26.7 Å². The molecule has 104 valence electrons. The highest BCUT2D eigenvalue weighted by Crippen LogP contribution is 2.21. The molecule has 1 fully saturated rings. The molecule has 6 nitrogen and oxygen atoms in total. The molecule has 1 atom stereocenters. The predicted octanol–water partition coefficient (Wildman–Crippen LogP) is 1.71. The maximum atomic E-state index is 11.4. The van der Waals surface area contributed by atoms with Crippen LogP contribution >= 0.6 is 0 Å². The third-order valence-corrected chi connectivity index (χ3v) is 3.63. The van der Waals surface area contributed by atoms with Crippen molar-refractivity contribution in [2.45, 2.75) is 52.0 Å². The van der Waals surface area contributed by atoms with Crippen LogP contribution in [0.4, 0.5) is 5.95 Å². The Morgan fingerprint density at radius 1 is 1.16 bits per heavy atom. The third-order valence-electron chi connectivity index (χ3n) is 3.63. The molecule has 0 saturated carbocycles. The number of hydrogen-bond donors (Lipinski definition) is 1. The molecule has 6 heteroatoms. The van der Waals surface area contributed by atoms with Crippen LogP contribution in [0, 0.1) is 13.8 Å². The molecule has 0 radical (unpaired) electrons. The van der Waals surface area contributed by atoms with Gasteiger partial charge in [0.15, 0.2) is 0 Å². The summed E-state index contributed by atoms with van der Waals surface area (Å²) >= 11 is 0. The van der Waals surface area contributed by atoms with Gasteiger partial charge in [-0.2, -0.15) is 5.10 Å². The quantitative estimate of drug-likeness (QED) is 0.876. The van der Waals surface area contributed by atoms with E-state index in [1.807, 2.05) is 13.8 Å². The van der Waals surface area contributed by atoms with Gasteiger partial charge in [-0.25, -0.2) is 9.78 Å². The number of aryl methyl sites for hydroxylation is 2. The monoisotopic (exact) mass is 264 g/mol. The zero-order chi connectivity index (χ0) is 13.8. The van der Waals surface area contributed by atoms with E-state index in [1.54, 1.807) is 4.90 Å². The van der Waals surface area contributed by atoms with Crippen molar-refractivity contribution in [3.05, 3.63) is 11.4 Å². The van der Waals surface area contributed by atoms with E-state index in [4.69, 9.17) is 0 Å². The number of aliphatic carboxylic acids is 1. The Morgan fingerprint density at radius 2 is 1.89 bits per heavy atom. The number of nitrogens with zero attached hydrogens (tertiary/aromatic N) is 4. The fraction of sp³-hybridized carbons (Fsp3) is 0.692. The lowest BCUT2D eigenvalue weighted by Crippen LogP contribution is -2.44. The number of anilines is 1. The Bertz CT molecular complexity index is 464. The van der Waals surface area contributed by atoms with Crippen LogP contribution in [-0.2, 0) is 4.79 Å². The Labute approximate surface area is 112 Å².